The molecule has 15 heavy (non-hydrogen) atoms. The van der Waals surface area contributed by atoms with E-state index in [1.807, 2.05) is 18.3 Å². The van der Waals surface area contributed by atoms with Crippen molar-refractivity contribution in [3.8, 4) is 0 Å². The van der Waals surface area contributed by atoms with Crippen LogP contribution in [0.5, 0.6) is 0 Å². The van der Waals surface area contributed by atoms with Crippen LogP contribution in [0, 0.1) is 6.92 Å². The highest BCUT2D eigenvalue weighted by atomic mass is 15.1. The molecular formula is C12H15BN2. The van der Waals surface area contributed by atoms with E-state index in [4.69, 9.17) is 0 Å². The lowest BCUT2D eigenvalue weighted by molar-refractivity contribution is 0.343. The Morgan fingerprint density at radius 1 is 1.40 bits per heavy atom. The first-order valence-electron chi connectivity index (χ1n) is 5.15. The summed E-state index contributed by atoms with van der Waals surface area (Å²) in [4.78, 5) is 6.68. The minimum absolute atomic E-state index is 0.125. The fourth-order valence-electron chi connectivity index (χ4n) is 1.96. The molecule has 1 unspecified atom stereocenters. The molecular weight excluding hydrogens is 183 g/mol. The van der Waals surface area contributed by atoms with E-state index in [1.54, 1.807) is 0 Å². The molecule has 0 bridgehead atoms. The Balaban J connectivity index is 2.50. The molecule has 1 aromatic rings. The van der Waals surface area contributed by atoms with Crippen molar-refractivity contribution in [2.75, 3.05) is 0 Å². The zero-order valence-corrected chi connectivity index (χ0v) is 9.44. The van der Waals surface area contributed by atoms with Crippen LogP contribution >= 0.6 is 0 Å². The molecule has 2 heterocycles. The van der Waals surface area contributed by atoms with Gasteiger partial charge in [0.25, 0.3) is 0 Å². The lowest BCUT2D eigenvalue weighted by Crippen LogP contribution is -2.39. The molecule has 0 N–H and O–H groups in total. The van der Waals surface area contributed by atoms with Crippen LogP contribution in [0.4, 0.5) is 0 Å². The fraction of sp³-hybridized carbons (Fsp3) is 0.250. The lowest BCUT2D eigenvalue weighted by Gasteiger charge is -2.38. The van der Waals surface area contributed by atoms with Gasteiger partial charge in [-0.2, -0.15) is 0 Å². The van der Waals surface area contributed by atoms with Crippen LogP contribution in [0.3, 0.4) is 0 Å². The van der Waals surface area contributed by atoms with E-state index in [0.29, 0.717) is 0 Å². The number of rotatable bonds is 1. The average molecular weight is 198 g/mol. The van der Waals surface area contributed by atoms with Gasteiger partial charge >= 0.3 is 0 Å². The van der Waals surface area contributed by atoms with Gasteiger partial charge in [-0.05, 0) is 37.8 Å². The summed E-state index contributed by atoms with van der Waals surface area (Å²) in [6, 6.07) is 4.08. The van der Waals surface area contributed by atoms with Gasteiger partial charge in [0, 0.05) is 6.20 Å². The monoisotopic (exact) mass is 198 g/mol. The second kappa shape index (κ2) is 3.57. The third-order valence-corrected chi connectivity index (χ3v) is 3.06. The van der Waals surface area contributed by atoms with Gasteiger partial charge in [-0.1, -0.05) is 18.2 Å². The molecule has 1 aromatic heterocycles. The number of nitrogens with zero attached hydrogens (tertiary/aromatic N) is 2. The first-order chi connectivity index (χ1) is 7.14. The maximum absolute atomic E-state index is 4.50. The van der Waals surface area contributed by atoms with Crippen molar-refractivity contribution in [3.63, 3.8) is 0 Å². The molecule has 76 valence electrons. The highest BCUT2D eigenvalue weighted by Gasteiger charge is 2.30. The summed E-state index contributed by atoms with van der Waals surface area (Å²) in [5.41, 5.74) is 2.22. The van der Waals surface area contributed by atoms with Crippen molar-refractivity contribution in [2.45, 2.75) is 19.4 Å². The molecule has 1 aliphatic heterocycles. The van der Waals surface area contributed by atoms with E-state index >= 15 is 0 Å². The van der Waals surface area contributed by atoms with Gasteiger partial charge in [0.1, 0.15) is 0 Å². The summed E-state index contributed by atoms with van der Waals surface area (Å²) in [5.74, 6) is 0. The van der Waals surface area contributed by atoms with Crippen molar-refractivity contribution >= 4 is 7.98 Å². The summed E-state index contributed by atoms with van der Waals surface area (Å²) < 4.78 is 0. The predicted octanol–water partition coefficient (Wildman–Crippen LogP) is 1.54. The van der Waals surface area contributed by atoms with E-state index in [-0.39, 0.29) is 5.54 Å². The number of aryl methyl sites for hydroxylation is 1. The minimum Gasteiger partial charge on any atom is -0.415 e. The molecule has 0 spiro atoms. The van der Waals surface area contributed by atoms with E-state index in [2.05, 4.69) is 56.0 Å². The summed E-state index contributed by atoms with van der Waals surface area (Å²) in [6.07, 6.45) is 10.2. The molecule has 2 nitrogen and oxygen atoms in total. The highest BCUT2D eigenvalue weighted by Crippen LogP contribution is 2.31. The molecule has 2 rings (SSSR count). The first-order valence-corrected chi connectivity index (χ1v) is 5.15. The zero-order valence-electron chi connectivity index (χ0n) is 9.44. The van der Waals surface area contributed by atoms with E-state index < -0.39 is 0 Å². The van der Waals surface area contributed by atoms with Crippen molar-refractivity contribution in [3.05, 3.63) is 54.0 Å². The van der Waals surface area contributed by atoms with E-state index in [9.17, 15) is 0 Å². The smallest absolute Gasteiger partial charge is 0.218 e. The summed E-state index contributed by atoms with van der Waals surface area (Å²) in [5, 5.41) is 0. The van der Waals surface area contributed by atoms with Gasteiger partial charge in [0.05, 0.1) is 11.2 Å². The Morgan fingerprint density at radius 2 is 2.20 bits per heavy atom. The van der Waals surface area contributed by atoms with Crippen LogP contribution in [0.25, 0.3) is 0 Å². The van der Waals surface area contributed by atoms with Crippen LogP contribution in [0.15, 0.2) is 42.8 Å². The van der Waals surface area contributed by atoms with Crippen LogP contribution in [0.1, 0.15) is 18.2 Å². The quantitative estimate of drug-likeness (QED) is 0.636. The number of aromatic nitrogens is 1. The molecule has 1 atom stereocenters. The van der Waals surface area contributed by atoms with Gasteiger partial charge < -0.3 is 4.81 Å². The van der Waals surface area contributed by atoms with Gasteiger partial charge in [-0.25, -0.2) is 0 Å². The van der Waals surface area contributed by atoms with Crippen molar-refractivity contribution < 1.29 is 0 Å². The van der Waals surface area contributed by atoms with Crippen LogP contribution in [-0.2, 0) is 5.54 Å². The topological polar surface area (TPSA) is 16.1 Å². The van der Waals surface area contributed by atoms with Gasteiger partial charge in [-0.15, -0.1) is 0 Å². The molecule has 0 radical (unpaired) electrons. The Labute approximate surface area is 91.8 Å². The standard InChI is InChI=1S/C12H15BN2/c1-10-6-5-8-14-11(10)12(2)7-3-4-9-15(12)13/h3-9H,13H2,1-2H3. The van der Waals surface area contributed by atoms with Crippen molar-refractivity contribution in [1.82, 2.24) is 9.79 Å². The largest absolute Gasteiger partial charge is 0.415 e. The molecule has 3 heteroatoms. The molecule has 0 amide bonds. The Bertz CT molecular complexity index is 425. The molecule has 0 aromatic carbocycles. The molecule has 1 aliphatic rings. The molecule has 0 saturated carbocycles. The highest BCUT2D eigenvalue weighted by molar-refractivity contribution is 6.06. The molecule has 0 aliphatic carbocycles. The van der Waals surface area contributed by atoms with Crippen LogP contribution in [-0.4, -0.2) is 17.8 Å². The summed E-state index contributed by atoms with van der Waals surface area (Å²) in [6.45, 7) is 4.29. The Hall–Kier alpha value is -1.51. The van der Waals surface area contributed by atoms with Crippen LogP contribution < -0.4 is 0 Å². The Morgan fingerprint density at radius 3 is 2.87 bits per heavy atom. The second-order valence-corrected chi connectivity index (χ2v) is 4.13. The normalized spacial score (nSPS) is 24.5. The SMILES string of the molecule is BN1C=CC=CC1(C)c1ncccc1C. The number of pyridine rings is 1. The predicted molar refractivity (Wildman–Crippen MR) is 65.0 cm³/mol. The summed E-state index contributed by atoms with van der Waals surface area (Å²) in [7, 11) is 2.08. The third-order valence-electron chi connectivity index (χ3n) is 3.06. The van der Waals surface area contributed by atoms with Gasteiger partial charge in [-0.3, -0.25) is 4.98 Å². The van der Waals surface area contributed by atoms with Gasteiger partial charge in [0.2, 0.25) is 7.98 Å². The van der Waals surface area contributed by atoms with Crippen molar-refractivity contribution in [2.24, 2.45) is 0 Å². The lowest BCUT2D eigenvalue weighted by atomic mass is 9.87. The van der Waals surface area contributed by atoms with Gasteiger partial charge in [0.15, 0.2) is 0 Å². The zero-order chi connectivity index (χ0) is 10.9. The number of hydrogen-bond donors (Lipinski definition) is 0. The maximum atomic E-state index is 4.50. The maximum Gasteiger partial charge on any atom is 0.218 e. The number of allylic oxidation sites excluding steroid dienone is 2. The fourth-order valence-corrected chi connectivity index (χ4v) is 1.96. The van der Waals surface area contributed by atoms with E-state index in [0.717, 1.165) is 5.69 Å². The van der Waals surface area contributed by atoms with Crippen LogP contribution in [0.2, 0.25) is 0 Å². The minimum atomic E-state index is -0.125. The average Bonchev–Trinajstić information content (AvgIpc) is 2.23. The second-order valence-electron chi connectivity index (χ2n) is 4.13. The molecule has 0 fully saturated rings. The molecule has 0 saturated heterocycles. The van der Waals surface area contributed by atoms with E-state index in [1.165, 1.54) is 5.56 Å². The first kappa shape index (κ1) is 10.0. The summed E-state index contributed by atoms with van der Waals surface area (Å²) >= 11 is 0. The Kier molecular flexibility index (Phi) is 2.39. The third kappa shape index (κ3) is 1.58. The number of hydrogen-bond acceptors (Lipinski definition) is 2. The van der Waals surface area contributed by atoms with Crippen molar-refractivity contribution in [1.29, 1.82) is 0 Å².